The highest BCUT2D eigenvalue weighted by atomic mass is 16.5. The van der Waals surface area contributed by atoms with Gasteiger partial charge in [0.25, 0.3) is 0 Å². The minimum Gasteiger partial charge on any atom is -0.483 e. The fourth-order valence-corrected chi connectivity index (χ4v) is 2.82. The van der Waals surface area contributed by atoms with Gasteiger partial charge in [0.2, 0.25) is 5.78 Å². The Bertz CT molecular complexity index is 742. The molecule has 3 rings (SSSR count). The van der Waals surface area contributed by atoms with E-state index in [2.05, 4.69) is 10.0 Å². The second kappa shape index (κ2) is 4.46. The van der Waals surface area contributed by atoms with Gasteiger partial charge >= 0.3 is 0 Å². The van der Waals surface area contributed by atoms with Crippen molar-refractivity contribution in [3.05, 3.63) is 57.2 Å². The molecule has 1 atom stereocenters. The lowest BCUT2D eigenvalue weighted by Gasteiger charge is -2.38. The first-order valence-electron chi connectivity index (χ1n) is 6.60. The molecule has 1 unspecified atom stereocenters. The molecule has 0 amide bonds. The third kappa shape index (κ3) is 2.00. The molecule has 1 aliphatic carbocycles. The van der Waals surface area contributed by atoms with Crippen molar-refractivity contribution in [2.45, 2.75) is 31.9 Å². The summed E-state index contributed by atoms with van der Waals surface area (Å²) in [7, 11) is 0. The SMILES string of the molecule is CC1(C)CC(N=[N+]=[N-])C2=C(O1)C(=O)c1ccccc1C2=O. The summed E-state index contributed by atoms with van der Waals surface area (Å²) in [5, 5.41) is 3.69. The number of ketones is 2. The second-order valence-electron chi connectivity index (χ2n) is 5.73. The molecule has 6 heteroatoms. The van der Waals surface area contributed by atoms with Crippen LogP contribution in [-0.2, 0) is 4.74 Å². The predicted molar refractivity (Wildman–Crippen MR) is 74.8 cm³/mol. The first-order valence-corrected chi connectivity index (χ1v) is 6.60. The molecule has 0 fully saturated rings. The van der Waals surface area contributed by atoms with Crippen LogP contribution in [0.3, 0.4) is 0 Å². The Hall–Kier alpha value is -2.59. The highest BCUT2D eigenvalue weighted by molar-refractivity contribution is 6.26. The summed E-state index contributed by atoms with van der Waals surface area (Å²) < 4.78 is 5.72. The maximum Gasteiger partial charge on any atom is 0.228 e. The number of hydrogen-bond acceptors (Lipinski definition) is 4. The molecule has 0 radical (unpaired) electrons. The molecule has 0 saturated carbocycles. The van der Waals surface area contributed by atoms with Crippen molar-refractivity contribution in [2.75, 3.05) is 0 Å². The molecule has 1 aromatic rings. The third-order valence-electron chi connectivity index (χ3n) is 3.70. The van der Waals surface area contributed by atoms with Crippen LogP contribution in [0.1, 0.15) is 41.0 Å². The lowest BCUT2D eigenvalue weighted by atomic mass is 9.80. The van der Waals surface area contributed by atoms with Gasteiger partial charge in [-0.3, -0.25) is 9.59 Å². The van der Waals surface area contributed by atoms with Crippen molar-refractivity contribution in [3.8, 4) is 0 Å². The number of Topliss-reactive ketones (excluding diaryl/α,β-unsaturated/α-hetero) is 2. The quantitative estimate of drug-likeness (QED) is 0.450. The Balaban J connectivity index is 2.23. The average molecular weight is 283 g/mol. The number of carbonyl (C=O) groups excluding carboxylic acids is 2. The van der Waals surface area contributed by atoms with Gasteiger partial charge in [0, 0.05) is 16.0 Å². The van der Waals surface area contributed by atoms with Crippen molar-refractivity contribution in [3.63, 3.8) is 0 Å². The van der Waals surface area contributed by atoms with E-state index in [1.165, 1.54) is 0 Å². The summed E-state index contributed by atoms with van der Waals surface area (Å²) in [5.74, 6) is -0.605. The fraction of sp³-hybridized carbons (Fsp3) is 0.333. The number of rotatable bonds is 1. The molecule has 0 N–H and O–H groups in total. The summed E-state index contributed by atoms with van der Waals surface area (Å²) >= 11 is 0. The summed E-state index contributed by atoms with van der Waals surface area (Å²) in [6, 6.07) is 5.93. The summed E-state index contributed by atoms with van der Waals surface area (Å²) in [6.07, 6.45) is 0.358. The normalized spacial score (nSPS) is 22.9. The molecule has 0 spiro atoms. The van der Waals surface area contributed by atoms with Crippen LogP contribution in [0.4, 0.5) is 0 Å². The van der Waals surface area contributed by atoms with Gasteiger partial charge in [-0.05, 0) is 25.8 Å². The average Bonchev–Trinajstić information content (AvgIpc) is 2.44. The number of allylic oxidation sites excluding steroid dienone is 1. The molecule has 1 aromatic carbocycles. The van der Waals surface area contributed by atoms with Crippen LogP contribution in [0.2, 0.25) is 0 Å². The van der Waals surface area contributed by atoms with E-state index in [0.717, 1.165) is 0 Å². The molecule has 2 aliphatic rings. The molecule has 106 valence electrons. The second-order valence-corrected chi connectivity index (χ2v) is 5.73. The van der Waals surface area contributed by atoms with Crippen molar-refractivity contribution in [1.82, 2.24) is 0 Å². The molecule has 6 nitrogen and oxygen atoms in total. The number of benzene rings is 1. The van der Waals surface area contributed by atoms with E-state index in [4.69, 9.17) is 10.3 Å². The number of fused-ring (bicyclic) bond motifs is 1. The van der Waals surface area contributed by atoms with E-state index >= 15 is 0 Å². The van der Waals surface area contributed by atoms with Crippen molar-refractivity contribution < 1.29 is 14.3 Å². The minimum atomic E-state index is -0.682. The lowest BCUT2D eigenvalue weighted by Crippen LogP contribution is -2.42. The molecule has 21 heavy (non-hydrogen) atoms. The van der Waals surface area contributed by atoms with Gasteiger partial charge < -0.3 is 4.74 Å². The van der Waals surface area contributed by atoms with Crippen LogP contribution in [-0.4, -0.2) is 23.2 Å². The Morgan fingerprint density at radius 3 is 2.48 bits per heavy atom. The van der Waals surface area contributed by atoms with Crippen LogP contribution >= 0.6 is 0 Å². The topological polar surface area (TPSA) is 92.1 Å². The maximum absolute atomic E-state index is 12.6. The largest absolute Gasteiger partial charge is 0.483 e. The van der Waals surface area contributed by atoms with Crippen LogP contribution in [0, 0.1) is 0 Å². The van der Waals surface area contributed by atoms with Gasteiger partial charge in [0.05, 0.1) is 11.6 Å². The Kier molecular flexibility index (Phi) is 2.85. The summed E-state index contributed by atoms with van der Waals surface area (Å²) in [5.41, 5.74) is 8.90. The molecular weight excluding hydrogens is 270 g/mol. The van der Waals surface area contributed by atoms with E-state index in [9.17, 15) is 9.59 Å². The Morgan fingerprint density at radius 2 is 1.86 bits per heavy atom. The van der Waals surface area contributed by atoms with Gasteiger partial charge in [-0.25, -0.2) is 0 Å². The standard InChI is InChI=1S/C15H13N3O3/c1-15(2)7-10(17-18-16)11-12(19)8-5-3-4-6-9(8)13(20)14(11)21-15/h3-6,10H,7H2,1-2H3. The van der Waals surface area contributed by atoms with E-state index in [1.54, 1.807) is 38.1 Å². The zero-order valence-corrected chi connectivity index (χ0v) is 11.7. The highest BCUT2D eigenvalue weighted by Crippen LogP contribution is 2.39. The zero-order chi connectivity index (χ0) is 15.2. The lowest BCUT2D eigenvalue weighted by molar-refractivity contribution is 0.00585. The number of azide groups is 1. The molecular formula is C15H13N3O3. The number of ether oxygens (including phenoxy) is 1. The first-order chi connectivity index (χ1) is 9.94. The van der Waals surface area contributed by atoms with E-state index in [-0.39, 0.29) is 22.9 Å². The van der Waals surface area contributed by atoms with Gasteiger partial charge in [-0.2, -0.15) is 0 Å². The monoisotopic (exact) mass is 283 g/mol. The van der Waals surface area contributed by atoms with Gasteiger partial charge in [-0.1, -0.05) is 29.4 Å². The maximum atomic E-state index is 12.6. The van der Waals surface area contributed by atoms with Crippen LogP contribution < -0.4 is 0 Å². The van der Waals surface area contributed by atoms with Crippen molar-refractivity contribution >= 4 is 11.6 Å². The van der Waals surface area contributed by atoms with Crippen molar-refractivity contribution in [2.24, 2.45) is 5.11 Å². The number of nitrogens with zero attached hydrogens (tertiary/aromatic N) is 3. The zero-order valence-electron chi connectivity index (χ0n) is 11.7. The highest BCUT2D eigenvalue weighted by Gasteiger charge is 2.44. The third-order valence-corrected chi connectivity index (χ3v) is 3.70. The van der Waals surface area contributed by atoms with Crippen LogP contribution in [0.5, 0.6) is 0 Å². The van der Waals surface area contributed by atoms with E-state index in [0.29, 0.717) is 17.5 Å². The molecule has 1 aliphatic heterocycles. The Labute approximate surface area is 121 Å². The van der Waals surface area contributed by atoms with E-state index < -0.39 is 11.6 Å². The van der Waals surface area contributed by atoms with E-state index in [1.807, 2.05) is 0 Å². The number of hydrogen-bond donors (Lipinski definition) is 0. The number of carbonyl (C=O) groups is 2. The fourth-order valence-electron chi connectivity index (χ4n) is 2.82. The molecule has 0 bridgehead atoms. The summed E-state index contributed by atoms with van der Waals surface area (Å²) in [6.45, 7) is 3.60. The minimum absolute atomic E-state index is 0.0207. The van der Waals surface area contributed by atoms with Gasteiger partial charge in [-0.15, -0.1) is 0 Å². The van der Waals surface area contributed by atoms with Crippen molar-refractivity contribution in [1.29, 1.82) is 0 Å². The Morgan fingerprint density at radius 1 is 1.24 bits per heavy atom. The molecule has 1 heterocycles. The molecule has 0 aromatic heterocycles. The summed E-state index contributed by atoms with van der Waals surface area (Å²) in [4.78, 5) is 28.0. The van der Waals surface area contributed by atoms with Gasteiger partial charge in [0.1, 0.15) is 5.60 Å². The van der Waals surface area contributed by atoms with Gasteiger partial charge in [0.15, 0.2) is 11.5 Å². The predicted octanol–water partition coefficient (Wildman–Crippen LogP) is 3.20. The van der Waals surface area contributed by atoms with Crippen LogP contribution in [0.25, 0.3) is 10.4 Å². The van der Waals surface area contributed by atoms with Crippen LogP contribution in [0.15, 0.2) is 40.7 Å². The smallest absolute Gasteiger partial charge is 0.228 e. The first kappa shape index (κ1) is 13.4. The molecule has 0 saturated heterocycles.